The zero-order valence-electron chi connectivity index (χ0n) is 32.6. The van der Waals surface area contributed by atoms with Crippen LogP contribution < -0.4 is 20.1 Å². The number of nitrogens with one attached hydrogen (secondary N) is 2. The Morgan fingerprint density at radius 2 is 1.68 bits per heavy atom. The van der Waals surface area contributed by atoms with Crippen molar-refractivity contribution in [3.05, 3.63) is 65.2 Å². The number of para-hydroxylation sites is 1. The molecule has 4 aliphatic rings. The van der Waals surface area contributed by atoms with Gasteiger partial charge in [-0.1, -0.05) is 50.3 Å². The van der Waals surface area contributed by atoms with Gasteiger partial charge in [0, 0.05) is 23.4 Å². The predicted octanol–water partition coefficient (Wildman–Crippen LogP) is 7.65. The Morgan fingerprint density at radius 1 is 1.00 bits per heavy atom. The number of aromatic nitrogens is 1. The minimum absolute atomic E-state index is 0.0227. The monoisotopic (exact) mass is 810 g/mol. The normalized spacial score (nSPS) is 27.0. The maximum Gasteiger partial charge on any atom is 0.408 e. The third-order valence-electron chi connectivity index (χ3n) is 12.1. The molecule has 3 heterocycles. The Bertz CT molecular complexity index is 2010. The van der Waals surface area contributed by atoms with Gasteiger partial charge < -0.3 is 34.6 Å². The van der Waals surface area contributed by atoms with E-state index in [0.717, 1.165) is 69.1 Å². The molecule has 0 bridgehead atoms. The SMILES string of the molecule is CCOc1cc(OC2C[C@H]3C(=O)N[C@]4(P(=O)(O)Cc5c(F)cccc5F)C[C@@H]4CCCCCCC[C@H](NC(=O)OC4CCCC4)C(=O)N3C2)c2cccc(C)c2n1. The number of rotatable bonds is 9. The molecular formula is C42H53F2N4O8P. The second-order valence-corrected chi connectivity index (χ2v) is 18.6. The van der Waals surface area contributed by atoms with E-state index in [1.54, 1.807) is 6.07 Å². The summed E-state index contributed by atoms with van der Waals surface area (Å²) in [7, 11) is -4.51. The molecule has 4 fully saturated rings. The molecule has 0 spiro atoms. The second-order valence-electron chi connectivity index (χ2n) is 16.1. The summed E-state index contributed by atoms with van der Waals surface area (Å²) in [6.07, 6.45) is 5.86. The number of amides is 3. The fraction of sp³-hybridized carbons (Fsp3) is 0.571. The van der Waals surface area contributed by atoms with Crippen molar-refractivity contribution in [1.82, 2.24) is 20.5 Å². The molecule has 1 aromatic heterocycles. The highest BCUT2D eigenvalue weighted by atomic mass is 31.2. The van der Waals surface area contributed by atoms with Crippen LogP contribution in [-0.4, -0.2) is 75.4 Å². The summed E-state index contributed by atoms with van der Waals surface area (Å²) in [5, 5.41) is 4.78. The van der Waals surface area contributed by atoms with E-state index >= 15 is 0 Å². The van der Waals surface area contributed by atoms with Crippen molar-refractivity contribution in [2.75, 3.05) is 13.2 Å². The zero-order chi connectivity index (χ0) is 40.3. The lowest BCUT2D eigenvalue weighted by Gasteiger charge is -2.31. The van der Waals surface area contributed by atoms with Crippen LogP contribution in [0.2, 0.25) is 0 Å². The van der Waals surface area contributed by atoms with Crippen molar-refractivity contribution in [2.24, 2.45) is 5.92 Å². The number of fused-ring (bicyclic) bond motifs is 3. The third-order valence-corrected chi connectivity index (χ3v) is 14.7. The van der Waals surface area contributed by atoms with E-state index in [-0.39, 0.29) is 25.5 Å². The number of benzene rings is 2. The molecule has 2 saturated heterocycles. The van der Waals surface area contributed by atoms with Crippen LogP contribution in [0.5, 0.6) is 11.6 Å². The lowest BCUT2D eigenvalue weighted by Crippen LogP contribution is -2.55. The quantitative estimate of drug-likeness (QED) is 0.185. The van der Waals surface area contributed by atoms with Crippen LogP contribution in [0, 0.1) is 24.5 Å². The Balaban J connectivity index is 1.21. The minimum atomic E-state index is -4.51. The molecule has 3 amide bonds. The largest absolute Gasteiger partial charge is 0.488 e. The number of alkyl carbamates (subject to hydrolysis) is 1. The van der Waals surface area contributed by atoms with E-state index in [1.807, 2.05) is 32.0 Å². The molecule has 308 valence electrons. The van der Waals surface area contributed by atoms with E-state index in [2.05, 4.69) is 15.6 Å². The summed E-state index contributed by atoms with van der Waals surface area (Å²) in [5.41, 5.74) is 1.07. The highest BCUT2D eigenvalue weighted by Gasteiger charge is 2.66. The first-order chi connectivity index (χ1) is 27.4. The Labute approximate surface area is 331 Å². The fourth-order valence-corrected chi connectivity index (χ4v) is 11.4. The lowest BCUT2D eigenvalue weighted by atomic mass is 10.0. The zero-order valence-corrected chi connectivity index (χ0v) is 33.5. The predicted molar refractivity (Wildman–Crippen MR) is 209 cm³/mol. The molecular weight excluding hydrogens is 757 g/mol. The van der Waals surface area contributed by atoms with Crippen LogP contribution in [0.1, 0.15) is 102 Å². The van der Waals surface area contributed by atoms with E-state index in [9.17, 15) is 32.6 Å². The Morgan fingerprint density at radius 3 is 2.42 bits per heavy atom. The average Bonchev–Trinajstić information content (AvgIpc) is 3.43. The van der Waals surface area contributed by atoms with Gasteiger partial charge in [0.1, 0.15) is 47.0 Å². The van der Waals surface area contributed by atoms with Gasteiger partial charge in [-0.15, -0.1) is 0 Å². The smallest absolute Gasteiger partial charge is 0.408 e. The van der Waals surface area contributed by atoms with Gasteiger partial charge in [-0.05, 0) is 88.5 Å². The Hall–Kier alpha value is -4.29. The van der Waals surface area contributed by atoms with Gasteiger partial charge in [-0.3, -0.25) is 14.2 Å². The van der Waals surface area contributed by atoms with E-state index < -0.39 is 78.0 Å². The second kappa shape index (κ2) is 17.3. The summed E-state index contributed by atoms with van der Waals surface area (Å²) in [6.45, 7) is 4.12. The molecule has 12 nitrogen and oxygen atoms in total. The van der Waals surface area contributed by atoms with Gasteiger partial charge in [0.05, 0.1) is 24.8 Å². The number of hydrogen-bond acceptors (Lipinski definition) is 8. The van der Waals surface area contributed by atoms with Crippen LogP contribution >= 0.6 is 7.37 Å². The van der Waals surface area contributed by atoms with Crippen molar-refractivity contribution in [1.29, 1.82) is 0 Å². The number of ether oxygens (including phenoxy) is 3. The van der Waals surface area contributed by atoms with E-state index in [4.69, 9.17) is 14.2 Å². The van der Waals surface area contributed by atoms with Crippen LogP contribution in [0.3, 0.4) is 0 Å². The summed E-state index contributed by atoms with van der Waals surface area (Å²) in [5.74, 6) is -2.64. The first-order valence-corrected chi connectivity index (χ1v) is 22.3. The molecule has 2 aromatic carbocycles. The van der Waals surface area contributed by atoms with Gasteiger partial charge in [-0.25, -0.2) is 18.6 Å². The van der Waals surface area contributed by atoms with Crippen molar-refractivity contribution in [2.45, 2.75) is 133 Å². The standard InChI is InChI=1S/C42H53F2N4O8P/c1-3-54-37-22-36(30-17-11-13-26(2)38(30)46-37)55-29-21-35-39(49)47-42(57(52,53)25-31-32(43)18-12-19-33(31)44)23-27(42)14-7-5-4-6-8-20-34(40(50)48(35)24-29)45-41(51)56-28-15-9-10-16-28/h11-13,17-19,22,27-29,34-35H,3-10,14-16,20-21,23-25H2,1-2H3,(H,45,51)(H,47,49)(H,52,53)/t27-,29?,34-,35-,42-/m0/s1. The molecule has 2 saturated carbocycles. The first kappa shape index (κ1) is 40.9. The number of hydrogen-bond donors (Lipinski definition) is 3. The van der Waals surface area contributed by atoms with Gasteiger partial charge >= 0.3 is 6.09 Å². The van der Waals surface area contributed by atoms with E-state index in [1.165, 1.54) is 11.0 Å². The number of carbonyl (C=O) groups excluding carboxylic acids is 3. The summed E-state index contributed by atoms with van der Waals surface area (Å²) < 4.78 is 62.1. The fourth-order valence-electron chi connectivity index (χ4n) is 8.93. The molecule has 3 aromatic rings. The molecule has 2 unspecified atom stereocenters. The highest BCUT2D eigenvalue weighted by molar-refractivity contribution is 7.59. The number of nitrogens with zero attached hydrogens (tertiary/aromatic N) is 2. The lowest BCUT2D eigenvalue weighted by molar-refractivity contribution is -0.140. The molecule has 2 aliphatic heterocycles. The van der Waals surface area contributed by atoms with Crippen molar-refractivity contribution in [3.63, 3.8) is 0 Å². The number of halogens is 2. The number of pyridine rings is 1. The van der Waals surface area contributed by atoms with E-state index in [0.29, 0.717) is 48.4 Å². The molecule has 57 heavy (non-hydrogen) atoms. The average molecular weight is 811 g/mol. The van der Waals surface area contributed by atoms with Crippen LogP contribution in [0.15, 0.2) is 42.5 Å². The van der Waals surface area contributed by atoms with Crippen molar-refractivity contribution in [3.8, 4) is 11.6 Å². The summed E-state index contributed by atoms with van der Waals surface area (Å²) >= 11 is 0. The van der Waals surface area contributed by atoms with Crippen molar-refractivity contribution < 1.29 is 46.8 Å². The maximum absolute atomic E-state index is 14.8. The molecule has 15 heteroatoms. The Kier molecular flexibility index (Phi) is 12.4. The topological polar surface area (TPSA) is 156 Å². The molecule has 7 rings (SSSR count). The van der Waals surface area contributed by atoms with Gasteiger partial charge in [0.15, 0.2) is 0 Å². The number of aryl methyl sites for hydroxylation is 1. The maximum atomic E-state index is 14.8. The molecule has 2 aliphatic carbocycles. The van der Waals surface area contributed by atoms with Crippen LogP contribution in [0.25, 0.3) is 10.9 Å². The summed E-state index contributed by atoms with van der Waals surface area (Å²) in [6, 6.07) is 8.47. The molecule has 6 atom stereocenters. The molecule has 0 radical (unpaired) electrons. The van der Waals surface area contributed by atoms with Crippen LogP contribution in [0.4, 0.5) is 13.6 Å². The van der Waals surface area contributed by atoms with Gasteiger partial charge in [-0.2, -0.15) is 0 Å². The van der Waals surface area contributed by atoms with Crippen LogP contribution in [-0.2, 0) is 25.1 Å². The summed E-state index contributed by atoms with van der Waals surface area (Å²) in [4.78, 5) is 60.3. The minimum Gasteiger partial charge on any atom is -0.488 e. The third kappa shape index (κ3) is 8.92. The first-order valence-electron chi connectivity index (χ1n) is 20.4. The van der Waals surface area contributed by atoms with Crippen molar-refractivity contribution >= 4 is 36.2 Å². The molecule has 3 N–H and O–H groups in total. The van der Waals surface area contributed by atoms with Gasteiger partial charge in [0.2, 0.25) is 25.1 Å². The highest BCUT2D eigenvalue weighted by Crippen LogP contribution is 2.71. The number of carbonyl (C=O) groups is 3. The van der Waals surface area contributed by atoms with Gasteiger partial charge in [0.25, 0.3) is 0 Å².